The maximum absolute atomic E-state index is 6.02. The van der Waals surface area contributed by atoms with Gasteiger partial charge in [-0.25, -0.2) is 0 Å². The fraction of sp³-hybridized carbons (Fsp3) is 0.263. The lowest BCUT2D eigenvalue weighted by atomic mass is 10.0. The topological polar surface area (TPSA) is 27.7 Å². The molecule has 3 aromatic carbocycles. The minimum absolute atomic E-state index is 0.560. The number of benzene rings is 3. The van der Waals surface area contributed by atoms with Crippen molar-refractivity contribution < 1.29 is 13.3 Å². The van der Waals surface area contributed by atoms with Gasteiger partial charge in [0.15, 0.2) is 0 Å². The zero-order valence-electron chi connectivity index (χ0n) is 13.8. The van der Waals surface area contributed by atoms with Gasteiger partial charge in [-0.2, -0.15) is 0 Å². The molecule has 0 fully saturated rings. The van der Waals surface area contributed by atoms with E-state index in [-0.39, 0.29) is 0 Å². The summed E-state index contributed by atoms with van der Waals surface area (Å²) in [7, 11) is -1.22. The van der Waals surface area contributed by atoms with E-state index in [1.54, 1.807) is 7.11 Å². The molecule has 0 aromatic heterocycles. The Kier molecular flexibility index (Phi) is 4.78. The van der Waals surface area contributed by atoms with Crippen LogP contribution in [0.1, 0.15) is 13.8 Å². The molecule has 0 saturated carbocycles. The second kappa shape index (κ2) is 6.80. The first-order valence-electron chi connectivity index (χ1n) is 7.99. The van der Waals surface area contributed by atoms with E-state index in [0.717, 1.165) is 10.6 Å². The average Bonchev–Trinajstić information content (AvgIpc) is 2.59. The zero-order chi connectivity index (χ0) is 16.3. The Labute approximate surface area is 138 Å². The van der Waals surface area contributed by atoms with E-state index in [9.17, 15) is 0 Å². The number of rotatable bonds is 6. The third-order valence-electron chi connectivity index (χ3n) is 4.01. The Morgan fingerprint density at radius 3 is 2.00 bits per heavy atom. The highest BCUT2D eigenvalue weighted by Gasteiger charge is 2.43. The quantitative estimate of drug-likeness (QED) is 0.508. The highest BCUT2D eigenvalue weighted by atomic mass is 28.4. The van der Waals surface area contributed by atoms with Crippen LogP contribution >= 0.6 is 0 Å². The van der Waals surface area contributed by atoms with Gasteiger partial charge in [0, 0.05) is 25.5 Å². The van der Waals surface area contributed by atoms with Crippen LogP contribution in [0.25, 0.3) is 21.5 Å². The molecule has 3 rings (SSSR count). The lowest BCUT2D eigenvalue weighted by molar-refractivity contribution is 0.102. The van der Waals surface area contributed by atoms with E-state index >= 15 is 0 Å². The molecule has 0 aliphatic carbocycles. The molecular weight excluding hydrogens is 304 g/mol. The third kappa shape index (κ3) is 2.91. The van der Waals surface area contributed by atoms with Gasteiger partial charge in [0.2, 0.25) is 0 Å². The number of fused-ring (bicyclic) bond motifs is 2. The Bertz CT molecular complexity index is 810. The molecule has 0 radical (unpaired) electrons. The lowest BCUT2D eigenvalue weighted by Gasteiger charge is -2.28. The molecule has 0 spiro atoms. The lowest BCUT2D eigenvalue weighted by Crippen LogP contribution is -2.56. The van der Waals surface area contributed by atoms with Gasteiger partial charge >= 0.3 is 8.80 Å². The van der Waals surface area contributed by atoms with Crippen LogP contribution in [-0.2, 0) is 13.3 Å². The molecule has 3 aromatic rings. The molecule has 0 atom stereocenters. The van der Waals surface area contributed by atoms with Crippen LogP contribution in [0.3, 0.4) is 0 Å². The summed E-state index contributed by atoms with van der Waals surface area (Å²) in [5.41, 5.74) is 0. The van der Waals surface area contributed by atoms with Crippen LogP contribution in [-0.4, -0.2) is 29.1 Å². The molecular formula is C19H22O3Si. The fourth-order valence-corrected chi connectivity index (χ4v) is 5.50. The molecule has 0 unspecified atom stereocenters. The predicted molar refractivity (Wildman–Crippen MR) is 97.1 cm³/mol. The maximum atomic E-state index is 6.02. The number of hydrogen-bond acceptors (Lipinski definition) is 3. The molecule has 0 amide bonds. The van der Waals surface area contributed by atoms with E-state index in [2.05, 4.69) is 48.5 Å². The number of hydrogen-bond donors (Lipinski definition) is 0. The second-order valence-corrected chi connectivity index (χ2v) is 7.99. The van der Waals surface area contributed by atoms with Crippen molar-refractivity contribution in [3.63, 3.8) is 0 Å². The van der Waals surface area contributed by atoms with Gasteiger partial charge in [0.05, 0.1) is 0 Å². The Hall–Kier alpha value is -1.72. The standard InChI is InChI=1S/C19H22O3Si/c1-4-21-23(20-3,22-5-2)19-12-8-11-17-13-15-9-6-7-10-16(15)14-18(17)19/h6-14H,4-5H2,1-3H3. The summed E-state index contributed by atoms with van der Waals surface area (Å²) in [6.45, 7) is 5.06. The predicted octanol–water partition coefficient (Wildman–Crippen LogP) is 3.86. The summed E-state index contributed by atoms with van der Waals surface area (Å²) in [6, 6.07) is 19.0. The summed E-state index contributed by atoms with van der Waals surface area (Å²) in [5, 5.41) is 5.79. The van der Waals surface area contributed by atoms with Gasteiger partial charge in [-0.3, -0.25) is 0 Å². The first-order chi connectivity index (χ1) is 11.2. The van der Waals surface area contributed by atoms with Crippen LogP contribution in [0, 0.1) is 0 Å². The molecule has 0 aliphatic heterocycles. The van der Waals surface area contributed by atoms with Gasteiger partial charge in [-0.15, -0.1) is 0 Å². The minimum Gasteiger partial charge on any atom is -0.373 e. The summed E-state index contributed by atoms with van der Waals surface area (Å²) < 4.78 is 17.9. The summed E-state index contributed by atoms with van der Waals surface area (Å²) in [4.78, 5) is 0. The molecule has 120 valence electrons. The van der Waals surface area contributed by atoms with Crippen LogP contribution in [0.4, 0.5) is 0 Å². The Morgan fingerprint density at radius 1 is 0.783 bits per heavy atom. The monoisotopic (exact) mass is 326 g/mol. The van der Waals surface area contributed by atoms with E-state index < -0.39 is 8.80 Å². The van der Waals surface area contributed by atoms with E-state index in [1.807, 2.05) is 19.9 Å². The highest BCUT2D eigenvalue weighted by molar-refractivity contribution is 6.77. The van der Waals surface area contributed by atoms with E-state index in [0.29, 0.717) is 13.2 Å². The van der Waals surface area contributed by atoms with Crippen molar-refractivity contribution >= 4 is 35.5 Å². The van der Waals surface area contributed by atoms with Gasteiger partial charge < -0.3 is 13.3 Å². The summed E-state index contributed by atoms with van der Waals surface area (Å²) in [6.07, 6.45) is 0. The largest absolute Gasteiger partial charge is 0.537 e. The van der Waals surface area contributed by atoms with Gasteiger partial charge in [0.25, 0.3) is 0 Å². The van der Waals surface area contributed by atoms with Crippen LogP contribution in [0.5, 0.6) is 0 Å². The second-order valence-electron chi connectivity index (χ2n) is 5.35. The molecule has 0 aliphatic rings. The van der Waals surface area contributed by atoms with Gasteiger partial charge in [0.1, 0.15) is 0 Å². The third-order valence-corrected chi connectivity index (χ3v) is 6.98. The first-order valence-corrected chi connectivity index (χ1v) is 9.71. The van der Waals surface area contributed by atoms with E-state index in [1.165, 1.54) is 16.2 Å². The summed E-state index contributed by atoms with van der Waals surface area (Å²) >= 11 is 0. The Balaban J connectivity index is 2.28. The molecule has 23 heavy (non-hydrogen) atoms. The first kappa shape index (κ1) is 16.1. The van der Waals surface area contributed by atoms with Crippen molar-refractivity contribution in [1.29, 1.82) is 0 Å². The zero-order valence-corrected chi connectivity index (χ0v) is 14.8. The smallest absolute Gasteiger partial charge is 0.373 e. The van der Waals surface area contributed by atoms with Gasteiger partial charge in [-0.1, -0.05) is 42.5 Å². The van der Waals surface area contributed by atoms with E-state index in [4.69, 9.17) is 13.3 Å². The van der Waals surface area contributed by atoms with Gasteiger partial charge in [-0.05, 0) is 47.5 Å². The molecule has 0 bridgehead atoms. The molecule has 4 heteroatoms. The summed E-state index contributed by atoms with van der Waals surface area (Å²) in [5.74, 6) is 0. The van der Waals surface area contributed by atoms with Crippen molar-refractivity contribution in [2.24, 2.45) is 0 Å². The molecule has 0 saturated heterocycles. The molecule has 0 N–H and O–H groups in total. The van der Waals surface area contributed by atoms with Crippen LogP contribution in [0.2, 0.25) is 0 Å². The SMILES string of the molecule is CCO[Si](OC)(OCC)c1cccc2cc3ccccc3cc12. The van der Waals surface area contributed by atoms with Crippen LogP contribution in [0.15, 0.2) is 54.6 Å². The molecule has 0 heterocycles. The van der Waals surface area contributed by atoms with Crippen molar-refractivity contribution in [2.75, 3.05) is 20.3 Å². The fourth-order valence-electron chi connectivity index (χ4n) is 3.04. The average molecular weight is 326 g/mol. The highest BCUT2D eigenvalue weighted by Crippen LogP contribution is 2.24. The van der Waals surface area contributed by atoms with Crippen molar-refractivity contribution in [3.8, 4) is 0 Å². The Morgan fingerprint density at radius 2 is 1.39 bits per heavy atom. The molecule has 3 nitrogen and oxygen atoms in total. The normalized spacial score (nSPS) is 12.1. The van der Waals surface area contributed by atoms with Crippen molar-refractivity contribution in [3.05, 3.63) is 54.6 Å². The van der Waals surface area contributed by atoms with Crippen molar-refractivity contribution in [2.45, 2.75) is 13.8 Å². The minimum atomic E-state index is -2.90. The van der Waals surface area contributed by atoms with Crippen molar-refractivity contribution in [1.82, 2.24) is 0 Å². The van der Waals surface area contributed by atoms with Crippen LogP contribution < -0.4 is 5.19 Å². The maximum Gasteiger partial charge on any atom is 0.537 e.